The van der Waals surface area contributed by atoms with E-state index in [1.807, 2.05) is 24.3 Å². The molecule has 1 unspecified atom stereocenters. The monoisotopic (exact) mass is 449 g/mol. The topological polar surface area (TPSA) is 74.2 Å². The van der Waals surface area contributed by atoms with Crippen LogP contribution in [0.1, 0.15) is 38.2 Å². The fourth-order valence-electron chi connectivity index (χ4n) is 3.82. The van der Waals surface area contributed by atoms with E-state index >= 15 is 0 Å². The number of esters is 2. The van der Waals surface area contributed by atoms with Crippen LogP contribution in [0.2, 0.25) is 0 Å². The molecular weight excluding hydrogens is 426 g/mol. The van der Waals surface area contributed by atoms with E-state index in [0.29, 0.717) is 23.6 Å². The Hall–Kier alpha value is -1.99. The minimum Gasteiger partial charge on any atom is -0.468 e. The highest BCUT2D eigenvalue weighted by Crippen LogP contribution is 2.40. The Balaban J connectivity index is 1.98. The van der Waals surface area contributed by atoms with Gasteiger partial charge in [0.05, 0.1) is 18.8 Å². The molecule has 0 aromatic heterocycles. The Bertz CT molecular complexity index is 826. The maximum absolute atomic E-state index is 13.0. The van der Waals surface area contributed by atoms with Crippen LogP contribution < -0.4 is 0 Å². The molecule has 0 aliphatic carbocycles. The van der Waals surface area contributed by atoms with E-state index in [1.54, 1.807) is 13.8 Å². The summed E-state index contributed by atoms with van der Waals surface area (Å²) in [6.45, 7) is 4.44. The number of nitrogens with zero attached hydrogens (tertiary/aromatic N) is 1. The van der Waals surface area contributed by atoms with Crippen LogP contribution in [0.5, 0.6) is 0 Å². The summed E-state index contributed by atoms with van der Waals surface area (Å²) in [5, 5.41) is 0. The Morgan fingerprint density at radius 3 is 2.75 bits per heavy atom. The molecule has 2 aliphatic rings. The van der Waals surface area contributed by atoms with Crippen molar-refractivity contribution in [1.82, 2.24) is 0 Å². The smallest absolute Gasteiger partial charge is 0.336 e. The number of hydrogen-bond acceptors (Lipinski definition) is 6. The highest BCUT2D eigenvalue weighted by atomic mass is 79.9. The first-order valence-corrected chi connectivity index (χ1v) is 10.1. The third-order valence-electron chi connectivity index (χ3n) is 5.14. The third kappa shape index (κ3) is 4.36. The van der Waals surface area contributed by atoms with Gasteiger partial charge in [0.2, 0.25) is 0 Å². The van der Waals surface area contributed by atoms with Crippen molar-refractivity contribution >= 4 is 33.6 Å². The number of carbonyl (C=O) groups excluding carboxylic acids is 2. The van der Waals surface area contributed by atoms with Gasteiger partial charge in [-0.25, -0.2) is 4.79 Å². The maximum Gasteiger partial charge on any atom is 0.336 e. The van der Waals surface area contributed by atoms with Crippen LogP contribution in [0.15, 0.2) is 45.0 Å². The summed E-state index contributed by atoms with van der Waals surface area (Å²) in [6, 6.07) is 7.57. The Morgan fingerprint density at radius 1 is 1.32 bits per heavy atom. The first-order chi connectivity index (χ1) is 13.4. The highest BCUT2D eigenvalue weighted by molar-refractivity contribution is 9.10. The molecule has 1 fully saturated rings. The highest BCUT2D eigenvalue weighted by Gasteiger charge is 2.42. The normalized spacial score (nSPS) is 24.7. The van der Waals surface area contributed by atoms with E-state index < -0.39 is 23.8 Å². The number of benzene rings is 1. The van der Waals surface area contributed by atoms with Gasteiger partial charge >= 0.3 is 11.9 Å². The molecule has 0 bridgehead atoms. The van der Waals surface area contributed by atoms with Gasteiger partial charge in [0, 0.05) is 28.4 Å². The number of allylic oxidation sites excluding steroid dienone is 1. The number of aliphatic imine (C=N–C) groups is 1. The lowest BCUT2D eigenvalue weighted by atomic mass is 9.75. The first kappa shape index (κ1) is 20.7. The Morgan fingerprint density at radius 2 is 2.11 bits per heavy atom. The number of hydrogen-bond donors (Lipinski definition) is 0. The molecule has 0 saturated carbocycles. The summed E-state index contributed by atoms with van der Waals surface area (Å²) >= 11 is 3.47. The van der Waals surface area contributed by atoms with Crippen molar-refractivity contribution in [3.63, 3.8) is 0 Å². The molecule has 2 heterocycles. The van der Waals surface area contributed by atoms with Crippen molar-refractivity contribution in [2.24, 2.45) is 10.9 Å². The molecule has 150 valence electrons. The minimum atomic E-state index is -0.687. The summed E-state index contributed by atoms with van der Waals surface area (Å²) in [6.07, 6.45) is 1.78. The van der Waals surface area contributed by atoms with Gasteiger partial charge in [-0.15, -0.1) is 0 Å². The molecule has 3 atom stereocenters. The van der Waals surface area contributed by atoms with Gasteiger partial charge in [-0.1, -0.05) is 28.1 Å². The quantitative estimate of drug-likeness (QED) is 0.639. The molecular formula is C21H24BrNO5. The minimum absolute atomic E-state index is 0.0700. The average Bonchev–Trinajstić information content (AvgIpc) is 3.18. The second kappa shape index (κ2) is 9.01. The summed E-state index contributed by atoms with van der Waals surface area (Å²) < 4.78 is 17.0. The van der Waals surface area contributed by atoms with Crippen LogP contribution in [-0.4, -0.2) is 44.1 Å². The molecule has 3 rings (SSSR count). The second-order valence-electron chi connectivity index (χ2n) is 7.02. The van der Waals surface area contributed by atoms with Crippen LogP contribution >= 0.6 is 15.9 Å². The molecule has 2 aliphatic heterocycles. The van der Waals surface area contributed by atoms with Gasteiger partial charge in [0.15, 0.2) is 0 Å². The van der Waals surface area contributed by atoms with E-state index in [2.05, 4.69) is 20.9 Å². The molecule has 28 heavy (non-hydrogen) atoms. The molecule has 0 N–H and O–H groups in total. The lowest BCUT2D eigenvalue weighted by Gasteiger charge is -2.31. The fraction of sp³-hybridized carbons (Fsp3) is 0.476. The summed E-state index contributed by atoms with van der Waals surface area (Å²) in [5.41, 5.74) is 2.38. The van der Waals surface area contributed by atoms with E-state index in [-0.39, 0.29) is 12.7 Å². The van der Waals surface area contributed by atoms with Crippen molar-refractivity contribution in [2.45, 2.75) is 38.7 Å². The van der Waals surface area contributed by atoms with Gasteiger partial charge in [-0.3, -0.25) is 9.79 Å². The second-order valence-corrected chi connectivity index (χ2v) is 7.93. The molecule has 0 radical (unpaired) electrons. The lowest BCUT2D eigenvalue weighted by molar-refractivity contribution is -0.144. The van der Waals surface area contributed by atoms with Gasteiger partial charge in [-0.05, 0) is 44.4 Å². The van der Waals surface area contributed by atoms with E-state index in [0.717, 1.165) is 22.9 Å². The van der Waals surface area contributed by atoms with Crippen LogP contribution in [-0.2, 0) is 23.8 Å². The standard InChI is InChI=1S/C21H24BrNO5/c1-12-17(20(24)26-3)19(14-6-4-7-15(22)10-14)18(13(2)23-12)21(25)28-11-16-8-5-9-27-16/h4,6-7,10,16-17,19H,5,8-9,11H2,1-3H3/t16-,17?,19-/m1/s1. The van der Waals surface area contributed by atoms with Gasteiger partial charge < -0.3 is 14.2 Å². The van der Waals surface area contributed by atoms with E-state index in [9.17, 15) is 9.59 Å². The molecule has 1 aromatic rings. The third-order valence-corrected chi connectivity index (χ3v) is 5.63. The summed E-state index contributed by atoms with van der Waals surface area (Å²) in [5.74, 6) is -2.11. The zero-order valence-corrected chi connectivity index (χ0v) is 17.8. The zero-order chi connectivity index (χ0) is 20.3. The molecule has 6 nitrogen and oxygen atoms in total. The SMILES string of the molecule is COC(=O)C1C(C)=NC(C)=C(C(=O)OC[C@H]2CCCO2)[C@@H]1c1cccc(Br)c1. The van der Waals surface area contributed by atoms with Crippen LogP contribution in [0.3, 0.4) is 0 Å². The van der Waals surface area contributed by atoms with Crippen molar-refractivity contribution in [1.29, 1.82) is 0 Å². The summed E-state index contributed by atoms with van der Waals surface area (Å²) in [7, 11) is 1.34. The zero-order valence-electron chi connectivity index (χ0n) is 16.2. The van der Waals surface area contributed by atoms with E-state index in [1.165, 1.54) is 7.11 Å². The van der Waals surface area contributed by atoms with Crippen LogP contribution in [0, 0.1) is 5.92 Å². The number of carbonyl (C=O) groups is 2. The van der Waals surface area contributed by atoms with Crippen molar-refractivity contribution < 1.29 is 23.8 Å². The maximum atomic E-state index is 13.0. The molecule has 0 spiro atoms. The van der Waals surface area contributed by atoms with Crippen molar-refractivity contribution in [2.75, 3.05) is 20.3 Å². The number of halogens is 1. The number of methoxy groups -OCH3 is 1. The van der Waals surface area contributed by atoms with Crippen molar-refractivity contribution in [3.05, 3.63) is 45.6 Å². The van der Waals surface area contributed by atoms with Crippen LogP contribution in [0.4, 0.5) is 0 Å². The average molecular weight is 450 g/mol. The number of ether oxygens (including phenoxy) is 3. The molecule has 0 amide bonds. The van der Waals surface area contributed by atoms with Gasteiger partial charge in [0.25, 0.3) is 0 Å². The van der Waals surface area contributed by atoms with E-state index in [4.69, 9.17) is 14.2 Å². The molecule has 1 saturated heterocycles. The van der Waals surface area contributed by atoms with Gasteiger partial charge in [0.1, 0.15) is 12.5 Å². The predicted octanol–water partition coefficient (Wildman–Crippen LogP) is 3.79. The Kier molecular flexibility index (Phi) is 6.67. The predicted molar refractivity (Wildman–Crippen MR) is 108 cm³/mol. The van der Waals surface area contributed by atoms with Gasteiger partial charge in [-0.2, -0.15) is 0 Å². The fourth-order valence-corrected chi connectivity index (χ4v) is 4.23. The summed E-state index contributed by atoms with van der Waals surface area (Å²) in [4.78, 5) is 30.1. The Labute approximate surface area is 173 Å². The molecule has 7 heteroatoms. The largest absolute Gasteiger partial charge is 0.468 e. The lowest BCUT2D eigenvalue weighted by Crippen LogP contribution is -2.36. The number of rotatable bonds is 5. The van der Waals surface area contributed by atoms with Crippen LogP contribution in [0.25, 0.3) is 0 Å². The molecule has 1 aromatic carbocycles. The first-order valence-electron chi connectivity index (χ1n) is 9.30. The van der Waals surface area contributed by atoms with Crippen molar-refractivity contribution in [3.8, 4) is 0 Å².